The average molecular weight is 302 g/mol. The normalized spacial score (nSPS) is 18.8. The number of benzene rings is 1. The molecule has 0 N–H and O–H groups in total. The van der Waals surface area contributed by atoms with Crippen molar-refractivity contribution < 1.29 is 13.9 Å². The molecule has 1 aliphatic heterocycles. The summed E-state index contributed by atoms with van der Waals surface area (Å²) in [5.41, 5.74) is 1.69. The third-order valence-corrected chi connectivity index (χ3v) is 3.65. The number of nitrogens with zero attached hydrogens (tertiary/aromatic N) is 1. The molecule has 1 aliphatic rings. The van der Waals surface area contributed by atoms with Gasteiger partial charge in [-0.2, -0.15) is 0 Å². The summed E-state index contributed by atoms with van der Waals surface area (Å²) in [4.78, 5) is 13.3. The average Bonchev–Trinajstić information content (AvgIpc) is 2.24. The van der Waals surface area contributed by atoms with E-state index >= 15 is 0 Å². The van der Waals surface area contributed by atoms with Crippen LogP contribution >= 0.6 is 15.9 Å². The van der Waals surface area contributed by atoms with Crippen LogP contribution in [0.15, 0.2) is 16.6 Å². The van der Waals surface area contributed by atoms with Crippen molar-refractivity contribution in [2.45, 2.75) is 19.4 Å². The molecule has 0 bridgehead atoms. The van der Waals surface area contributed by atoms with E-state index in [4.69, 9.17) is 4.74 Å². The lowest BCUT2D eigenvalue weighted by molar-refractivity contribution is -0.143. The molecule has 0 saturated carbocycles. The molecule has 1 saturated heterocycles. The maximum absolute atomic E-state index is 13.5. The molecule has 0 amide bonds. The fraction of sp³-hybridized carbons (Fsp3) is 0.417. The molecule has 92 valence electrons. The Kier molecular flexibility index (Phi) is 3.38. The number of aryl methyl sites for hydroxylation is 1. The molecule has 0 spiro atoms. The Morgan fingerprint density at radius 2 is 2.29 bits per heavy atom. The Balaban J connectivity index is 2.29. The molecule has 1 aromatic rings. The number of rotatable bonds is 2. The fourth-order valence-electron chi connectivity index (χ4n) is 2.00. The topological polar surface area (TPSA) is 29.5 Å². The lowest BCUT2D eigenvalue weighted by Gasteiger charge is -2.41. The van der Waals surface area contributed by atoms with Crippen molar-refractivity contribution in [2.24, 2.45) is 0 Å². The Morgan fingerprint density at radius 1 is 1.59 bits per heavy atom. The number of esters is 1. The number of ether oxygens (including phenoxy) is 1. The predicted molar refractivity (Wildman–Crippen MR) is 66.6 cm³/mol. The number of carbonyl (C=O) groups is 1. The fourth-order valence-corrected chi connectivity index (χ4v) is 2.46. The highest BCUT2D eigenvalue weighted by atomic mass is 79.9. The Bertz CT molecular complexity index is 464. The van der Waals surface area contributed by atoms with Crippen molar-refractivity contribution in [1.29, 1.82) is 0 Å². The molecule has 2 rings (SSSR count). The Labute approximate surface area is 108 Å². The van der Waals surface area contributed by atoms with Crippen LogP contribution < -0.4 is 4.90 Å². The van der Waals surface area contributed by atoms with Crippen LogP contribution in [0.2, 0.25) is 0 Å². The van der Waals surface area contributed by atoms with E-state index < -0.39 is 0 Å². The molecular weight excluding hydrogens is 289 g/mol. The van der Waals surface area contributed by atoms with Crippen molar-refractivity contribution in [2.75, 3.05) is 18.6 Å². The van der Waals surface area contributed by atoms with E-state index in [1.54, 1.807) is 6.07 Å². The molecule has 17 heavy (non-hydrogen) atoms. The smallest absolute Gasteiger partial charge is 0.328 e. The molecule has 0 aromatic heterocycles. The van der Waals surface area contributed by atoms with E-state index in [2.05, 4.69) is 15.9 Å². The summed E-state index contributed by atoms with van der Waals surface area (Å²) in [6.07, 6.45) is 0.754. The maximum atomic E-state index is 13.5. The number of anilines is 1. The van der Waals surface area contributed by atoms with Crippen molar-refractivity contribution in [3.8, 4) is 0 Å². The minimum absolute atomic E-state index is 0.265. The lowest BCUT2D eigenvalue weighted by atomic mass is 10.00. The minimum atomic E-state index is -0.318. The third kappa shape index (κ3) is 2.16. The van der Waals surface area contributed by atoms with Gasteiger partial charge in [-0.05, 0) is 47.0 Å². The van der Waals surface area contributed by atoms with Crippen LogP contribution in [0.1, 0.15) is 12.0 Å². The zero-order valence-corrected chi connectivity index (χ0v) is 11.3. The van der Waals surface area contributed by atoms with Gasteiger partial charge in [0.15, 0.2) is 0 Å². The predicted octanol–water partition coefficient (Wildman–Crippen LogP) is 2.65. The molecule has 1 atom stereocenters. The summed E-state index contributed by atoms with van der Waals surface area (Å²) in [6, 6.07) is 2.89. The van der Waals surface area contributed by atoms with Crippen molar-refractivity contribution in [3.63, 3.8) is 0 Å². The van der Waals surface area contributed by atoms with Crippen molar-refractivity contribution in [1.82, 2.24) is 0 Å². The lowest BCUT2D eigenvalue weighted by Crippen LogP contribution is -2.53. The highest BCUT2D eigenvalue weighted by Crippen LogP contribution is 2.33. The summed E-state index contributed by atoms with van der Waals surface area (Å²) in [7, 11) is 1.37. The molecule has 1 fully saturated rings. The van der Waals surface area contributed by atoms with E-state index in [1.807, 2.05) is 11.8 Å². The van der Waals surface area contributed by atoms with Gasteiger partial charge >= 0.3 is 5.97 Å². The van der Waals surface area contributed by atoms with Crippen molar-refractivity contribution >= 4 is 27.6 Å². The second-order valence-corrected chi connectivity index (χ2v) is 4.93. The van der Waals surface area contributed by atoms with Crippen LogP contribution in [-0.4, -0.2) is 25.7 Å². The molecule has 5 heteroatoms. The third-order valence-electron chi connectivity index (χ3n) is 3.04. The summed E-state index contributed by atoms with van der Waals surface area (Å²) in [6.45, 7) is 2.65. The van der Waals surface area contributed by atoms with Gasteiger partial charge in [0.2, 0.25) is 0 Å². The number of halogens is 2. The zero-order chi connectivity index (χ0) is 12.6. The number of hydrogen-bond donors (Lipinski definition) is 0. The van der Waals surface area contributed by atoms with E-state index in [9.17, 15) is 9.18 Å². The summed E-state index contributed by atoms with van der Waals surface area (Å²) in [5, 5.41) is 0. The van der Waals surface area contributed by atoms with Gasteiger partial charge in [0, 0.05) is 12.2 Å². The van der Waals surface area contributed by atoms with Crippen molar-refractivity contribution in [3.05, 3.63) is 28.0 Å². The number of hydrogen-bond acceptors (Lipinski definition) is 3. The highest BCUT2D eigenvalue weighted by Gasteiger charge is 2.36. The van der Waals surface area contributed by atoms with Crippen LogP contribution in [0.4, 0.5) is 10.1 Å². The van der Waals surface area contributed by atoms with E-state index in [0.717, 1.165) is 24.2 Å². The van der Waals surface area contributed by atoms with Gasteiger partial charge < -0.3 is 9.64 Å². The molecular formula is C12H13BrFNO2. The minimum Gasteiger partial charge on any atom is -0.467 e. The number of methoxy groups -OCH3 is 1. The second-order valence-electron chi connectivity index (χ2n) is 4.07. The zero-order valence-electron chi connectivity index (χ0n) is 9.67. The first-order valence-corrected chi connectivity index (χ1v) is 6.14. The first kappa shape index (κ1) is 12.4. The summed E-state index contributed by atoms with van der Waals surface area (Å²) in [5.74, 6) is -0.583. The van der Waals surface area contributed by atoms with Gasteiger partial charge in [-0.3, -0.25) is 0 Å². The number of carbonyl (C=O) groups excluding carboxylic acids is 1. The van der Waals surface area contributed by atoms with Gasteiger partial charge in [0.1, 0.15) is 11.9 Å². The quantitative estimate of drug-likeness (QED) is 0.787. The summed E-state index contributed by atoms with van der Waals surface area (Å²) < 4.78 is 18.7. The first-order chi connectivity index (χ1) is 8.04. The Hall–Kier alpha value is -1.10. The van der Waals surface area contributed by atoms with Crippen LogP contribution in [0.5, 0.6) is 0 Å². The van der Waals surface area contributed by atoms with Gasteiger partial charge in [0.05, 0.1) is 11.6 Å². The summed E-state index contributed by atoms with van der Waals surface area (Å²) >= 11 is 3.14. The molecule has 0 aliphatic carbocycles. The van der Waals surface area contributed by atoms with Crippen LogP contribution in [-0.2, 0) is 9.53 Å². The largest absolute Gasteiger partial charge is 0.467 e. The standard InChI is InChI=1S/C12H13BrFNO2/c1-7-5-8(13)9(14)6-11(7)15-4-3-10(15)12(16)17-2/h5-6,10H,3-4H2,1-2H3. The monoisotopic (exact) mass is 301 g/mol. The molecule has 1 unspecified atom stereocenters. The molecule has 0 radical (unpaired) electrons. The molecule has 3 nitrogen and oxygen atoms in total. The second kappa shape index (κ2) is 4.64. The van der Waals surface area contributed by atoms with E-state index in [-0.39, 0.29) is 17.8 Å². The van der Waals surface area contributed by atoms with Gasteiger partial charge in [0.25, 0.3) is 0 Å². The molecule has 1 heterocycles. The maximum Gasteiger partial charge on any atom is 0.328 e. The van der Waals surface area contributed by atoms with Crippen LogP contribution in [0, 0.1) is 12.7 Å². The van der Waals surface area contributed by atoms with Gasteiger partial charge in [-0.25, -0.2) is 9.18 Å². The van der Waals surface area contributed by atoms with Crippen LogP contribution in [0.3, 0.4) is 0 Å². The van der Waals surface area contributed by atoms with Gasteiger partial charge in [-0.1, -0.05) is 0 Å². The Morgan fingerprint density at radius 3 is 2.82 bits per heavy atom. The van der Waals surface area contributed by atoms with E-state index in [0.29, 0.717) is 4.47 Å². The van der Waals surface area contributed by atoms with E-state index in [1.165, 1.54) is 13.2 Å². The first-order valence-electron chi connectivity index (χ1n) is 5.34. The SMILES string of the molecule is COC(=O)C1CCN1c1cc(F)c(Br)cc1C. The highest BCUT2D eigenvalue weighted by molar-refractivity contribution is 9.10. The van der Waals surface area contributed by atoms with Gasteiger partial charge in [-0.15, -0.1) is 0 Å². The van der Waals surface area contributed by atoms with Crippen LogP contribution in [0.25, 0.3) is 0 Å². The molecule has 1 aromatic carbocycles.